The lowest BCUT2D eigenvalue weighted by atomic mass is 10.1. The van der Waals surface area contributed by atoms with E-state index in [0.29, 0.717) is 11.8 Å². The molecular weight excluding hydrogens is 330 g/mol. The Hall–Kier alpha value is -0.770. The van der Waals surface area contributed by atoms with Crippen LogP contribution in [0.1, 0.15) is 27.5 Å². The summed E-state index contributed by atoms with van der Waals surface area (Å²) in [6, 6.07) is 15.2. The zero-order chi connectivity index (χ0) is 14.5. The smallest absolute Gasteiger partial charge is 0.0423 e. The van der Waals surface area contributed by atoms with Crippen LogP contribution < -0.4 is 5.73 Å². The molecule has 0 bridgehead atoms. The first-order valence-electron chi connectivity index (χ1n) is 6.73. The molecule has 0 fully saturated rings. The molecule has 1 atom stereocenters. The predicted molar refractivity (Wildman–Crippen MR) is 93.1 cm³/mol. The number of hydrogen-bond donors (Lipinski definition) is 1. The number of nitrogens with two attached hydrogens (primary N) is 1. The van der Waals surface area contributed by atoms with E-state index in [4.69, 9.17) is 5.73 Å². The van der Waals surface area contributed by atoms with E-state index in [2.05, 4.69) is 72.2 Å². The van der Waals surface area contributed by atoms with Crippen LogP contribution in [0.25, 0.3) is 0 Å². The van der Waals surface area contributed by atoms with E-state index in [9.17, 15) is 0 Å². The third kappa shape index (κ3) is 4.37. The molecule has 0 aliphatic carbocycles. The van der Waals surface area contributed by atoms with Crippen molar-refractivity contribution in [2.24, 2.45) is 5.73 Å². The van der Waals surface area contributed by atoms with Crippen LogP contribution in [0, 0.1) is 13.8 Å². The molecule has 106 valence electrons. The Morgan fingerprint density at radius 3 is 2.20 bits per heavy atom. The Morgan fingerprint density at radius 2 is 1.65 bits per heavy atom. The molecule has 2 aromatic rings. The van der Waals surface area contributed by atoms with Gasteiger partial charge in [-0.15, -0.1) is 11.8 Å². The third-order valence-electron chi connectivity index (χ3n) is 3.19. The van der Waals surface area contributed by atoms with Gasteiger partial charge in [-0.2, -0.15) is 0 Å². The van der Waals surface area contributed by atoms with Crippen molar-refractivity contribution >= 4 is 27.7 Å². The van der Waals surface area contributed by atoms with Crippen LogP contribution in [-0.4, -0.2) is 6.54 Å². The van der Waals surface area contributed by atoms with E-state index in [1.165, 1.54) is 22.3 Å². The van der Waals surface area contributed by atoms with Gasteiger partial charge in [0, 0.05) is 22.0 Å². The summed E-state index contributed by atoms with van der Waals surface area (Å²) >= 11 is 5.38. The average Bonchev–Trinajstić information content (AvgIpc) is 2.40. The molecule has 0 saturated heterocycles. The molecular formula is C17H20BrNS. The quantitative estimate of drug-likeness (QED) is 0.821. The number of rotatable bonds is 5. The minimum absolute atomic E-state index is 0.351. The van der Waals surface area contributed by atoms with Crippen LogP contribution in [0.5, 0.6) is 0 Å². The lowest BCUT2D eigenvalue weighted by molar-refractivity contribution is 0.940. The molecule has 1 unspecified atom stereocenters. The lowest BCUT2D eigenvalue weighted by Crippen LogP contribution is -2.09. The summed E-state index contributed by atoms with van der Waals surface area (Å²) in [6.07, 6.45) is 0. The highest BCUT2D eigenvalue weighted by molar-refractivity contribution is 9.10. The molecule has 2 aromatic carbocycles. The second kappa shape index (κ2) is 7.30. The van der Waals surface area contributed by atoms with Crippen molar-refractivity contribution in [1.82, 2.24) is 0 Å². The largest absolute Gasteiger partial charge is 0.329 e. The molecule has 3 heteroatoms. The average molecular weight is 350 g/mol. The minimum Gasteiger partial charge on any atom is -0.329 e. The Kier molecular flexibility index (Phi) is 5.70. The molecule has 0 aliphatic rings. The fourth-order valence-corrected chi connectivity index (χ4v) is 3.64. The Labute approximate surface area is 134 Å². The monoisotopic (exact) mass is 349 g/mol. The van der Waals surface area contributed by atoms with Gasteiger partial charge in [0.15, 0.2) is 0 Å². The van der Waals surface area contributed by atoms with Crippen LogP contribution in [-0.2, 0) is 5.75 Å². The molecule has 2 rings (SSSR count). The first-order valence-corrected chi connectivity index (χ1v) is 8.57. The van der Waals surface area contributed by atoms with Crippen LogP contribution in [0.4, 0.5) is 0 Å². The zero-order valence-corrected chi connectivity index (χ0v) is 14.3. The summed E-state index contributed by atoms with van der Waals surface area (Å²) < 4.78 is 1.11. The van der Waals surface area contributed by atoms with Gasteiger partial charge >= 0.3 is 0 Å². The first kappa shape index (κ1) is 15.6. The highest BCUT2D eigenvalue weighted by Crippen LogP contribution is 2.31. The molecule has 0 spiro atoms. The normalized spacial score (nSPS) is 12.4. The van der Waals surface area contributed by atoms with Crippen LogP contribution >= 0.6 is 27.7 Å². The summed E-state index contributed by atoms with van der Waals surface area (Å²) in [6.45, 7) is 4.96. The maximum Gasteiger partial charge on any atom is 0.0423 e. The Balaban J connectivity index is 2.05. The summed E-state index contributed by atoms with van der Waals surface area (Å²) in [5.41, 5.74) is 11.3. The van der Waals surface area contributed by atoms with E-state index in [-0.39, 0.29) is 0 Å². The molecule has 2 N–H and O–H groups in total. The summed E-state index contributed by atoms with van der Waals surface area (Å²) in [4.78, 5) is 0. The van der Waals surface area contributed by atoms with Gasteiger partial charge in [0.2, 0.25) is 0 Å². The highest BCUT2D eigenvalue weighted by atomic mass is 79.9. The summed E-state index contributed by atoms with van der Waals surface area (Å²) in [7, 11) is 0. The molecule has 0 aromatic heterocycles. The molecule has 20 heavy (non-hydrogen) atoms. The van der Waals surface area contributed by atoms with Crippen molar-refractivity contribution in [3.8, 4) is 0 Å². The molecule has 0 amide bonds. The predicted octanol–water partition coefficient (Wildman–Crippen LogP) is 5.00. The SMILES string of the molecule is Cc1cc(C)cc(CSC(CN)c2ccc(Br)cc2)c1. The molecule has 0 heterocycles. The van der Waals surface area contributed by atoms with Crippen LogP contribution in [0.3, 0.4) is 0 Å². The van der Waals surface area contributed by atoms with Crippen LogP contribution in [0.15, 0.2) is 46.9 Å². The van der Waals surface area contributed by atoms with E-state index < -0.39 is 0 Å². The van der Waals surface area contributed by atoms with Gasteiger partial charge in [-0.25, -0.2) is 0 Å². The van der Waals surface area contributed by atoms with E-state index in [0.717, 1.165) is 10.2 Å². The van der Waals surface area contributed by atoms with Crippen molar-refractivity contribution < 1.29 is 0 Å². The fraction of sp³-hybridized carbons (Fsp3) is 0.294. The lowest BCUT2D eigenvalue weighted by Gasteiger charge is -2.15. The first-order chi connectivity index (χ1) is 9.58. The maximum absolute atomic E-state index is 5.93. The number of thioether (sulfide) groups is 1. The number of aryl methyl sites for hydroxylation is 2. The van der Waals surface area contributed by atoms with E-state index in [1.807, 2.05) is 11.8 Å². The van der Waals surface area contributed by atoms with Crippen molar-refractivity contribution in [3.05, 3.63) is 69.2 Å². The summed E-state index contributed by atoms with van der Waals surface area (Å²) in [5.74, 6) is 1.00. The fourth-order valence-electron chi connectivity index (χ4n) is 2.33. The van der Waals surface area contributed by atoms with Crippen molar-refractivity contribution in [1.29, 1.82) is 0 Å². The maximum atomic E-state index is 5.93. The molecule has 0 aliphatic heterocycles. The third-order valence-corrected chi connectivity index (χ3v) is 5.08. The highest BCUT2D eigenvalue weighted by Gasteiger charge is 2.10. The van der Waals surface area contributed by atoms with Gasteiger partial charge in [-0.05, 0) is 37.1 Å². The van der Waals surface area contributed by atoms with Crippen molar-refractivity contribution in [2.45, 2.75) is 24.9 Å². The number of hydrogen-bond acceptors (Lipinski definition) is 2. The minimum atomic E-state index is 0.351. The second-order valence-electron chi connectivity index (χ2n) is 5.08. The number of benzene rings is 2. The summed E-state index contributed by atoms with van der Waals surface area (Å²) in [5, 5.41) is 0.351. The second-order valence-corrected chi connectivity index (χ2v) is 7.19. The van der Waals surface area contributed by atoms with Crippen LogP contribution in [0.2, 0.25) is 0 Å². The Bertz CT molecular complexity index is 545. The standard InChI is InChI=1S/C17H20BrNS/c1-12-7-13(2)9-14(8-12)11-20-17(10-19)15-3-5-16(18)6-4-15/h3-9,17H,10-11,19H2,1-2H3. The van der Waals surface area contributed by atoms with Crippen molar-refractivity contribution in [2.75, 3.05) is 6.54 Å². The Morgan fingerprint density at radius 1 is 1.05 bits per heavy atom. The number of halogens is 1. The van der Waals surface area contributed by atoms with Gasteiger partial charge in [0.05, 0.1) is 0 Å². The van der Waals surface area contributed by atoms with Gasteiger partial charge in [-0.3, -0.25) is 0 Å². The van der Waals surface area contributed by atoms with Gasteiger partial charge in [-0.1, -0.05) is 57.4 Å². The van der Waals surface area contributed by atoms with Crippen molar-refractivity contribution in [3.63, 3.8) is 0 Å². The zero-order valence-electron chi connectivity index (χ0n) is 11.9. The van der Waals surface area contributed by atoms with Gasteiger partial charge in [0.1, 0.15) is 0 Å². The van der Waals surface area contributed by atoms with Gasteiger partial charge < -0.3 is 5.73 Å². The topological polar surface area (TPSA) is 26.0 Å². The van der Waals surface area contributed by atoms with Gasteiger partial charge in [0.25, 0.3) is 0 Å². The molecule has 0 radical (unpaired) electrons. The molecule has 1 nitrogen and oxygen atoms in total. The van der Waals surface area contributed by atoms with E-state index in [1.54, 1.807) is 0 Å². The van der Waals surface area contributed by atoms with E-state index >= 15 is 0 Å². The molecule has 0 saturated carbocycles.